The first-order chi connectivity index (χ1) is 11.1. The molecule has 0 aliphatic rings. The maximum Gasteiger partial charge on any atom is 0.343 e. The number of ether oxygens (including phenoxy) is 1. The second-order valence-corrected chi connectivity index (χ2v) is 8.06. The standard InChI is InChI=1S/C18H21NO4S/c1-12-10-13(2)14(3)17(11-12)23-18(20)15-6-8-16(9-7-15)24(21,22)19(4)5/h6-11H,1-5H3. The van der Waals surface area contributed by atoms with Gasteiger partial charge >= 0.3 is 5.97 Å². The average Bonchev–Trinajstić information content (AvgIpc) is 2.52. The number of benzene rings is 2. The van der Waals surface area contributed by atoms with Crippen LogP contribution in [0.4, 0.5) is 0 Å². The van der Waals surface area contributed by atoms with Crippen molar-refractivity contribution < 1.29 is 17.9 Å². The maximum atomic E-state index is 12.3. The molecule has 2 rings (SSSR count). The Labute approximate surface area is 142 Å². The summed E-state index contributed by atoms with van der Waals surface area (Å²) in [4.78, 5) is 12.4. The van der Waals surface area contributed by atoms with Gasteiger partial charge in [0.25, 0.3) is 0 Å². The molecule has 24 heavy (non-hydrogen) atoms. The van der Waals surface area contributed by atoms with Gasteiger partial charge in [-0.3, -0.25) is 0 Å². The smallest absolute Gasteiger partial charge is 0.343 e. The van der Waals surface area contributed by atoms with Gasteiger partial charge in [0.05, 0.1) is 10.5 Å². The Morgan fingerprint density at radius 2 is 1.58 bits per heavy atom. The molecular weight excluding hydrogens is 326 g/mol. The predicted molar refractivity (Wildman–Crippen MR) is 92.9 cm³/mol. The maximum absolute atomic E-state index is 12.3. The van der Waals surface area contributed by atoms with Crippen molar-refractivity contribution in [3.05, 3.63) is 58.7 Å². The van der Waals surface area contributed by atoms with E-state index in [0.29, 0.717) is 11.3 Å². The van der Waals surface area contributed by atoms with E-state index in [-0.39, 0.29) is 4.90 Å². The molecule has 2 aromatic rings. The number of rotatable bonds is 4. The van der Waals surface area contributed by atoms with Crippen molar-refractivity contribution in [3.8, 4) is 5.75 Å². The molecule has 2 aromatic carbocycles. The largest absolute Gasteiger partial charge is 0.423 e. The Morgan fingerprint density at radius 1 is 1.00 bits per heavy atom. The van der Waals surface area contributed by atoms with Gasteiger partial charge in [-0.2, -0.15) is 0 Å². The summed E-state index contributed by atoms with van der Waals surface area (Å²) < 4.78 is 30.7. The van der Waals surface area contributed by atoms with Gasteiger partial charge in [0, 0.05) is 14.1 Å². The minimum absolute atomic E-state index is 0.131. The molecule has 6 heteroatoms. The Bertz CT molecular complexity index is 869. The molecule has 0 amide bonds. The zero-order valence-electron chi connectivity index (χ0n) is 14.5. The van der Waals surface area contributed by atoms with Crippen LogP contribution in [0.1, 0.15) is 27.0 Å². The number of carbonyl (C=O) groups is 1. The highest BCUT2D eigenvalue weighted by molar-refractivity contribution is 7.89. The number of carbonyl (C=O) groups excluding carboxylic acids is 1. The van der Waals surface area contributed by atoms with E-state index in [9.17, 15) is 13.2 Å². The van der Waals surface area contributed by atoms with E-state index >= 15 is 0 Å². The van der Waals surface area contributed by atoms with Crippen LogP contribution in [0.3, 0.4) is 0 Å². The number of hydrogen-bond donors (Lipinski definition) is 0. The van der Waals surface area contributed by atoms with Crippen LogP contribution in [0, 0.1) is 20.8 Å². The number of hydrogen-bond acceptors (Lipinski definition) is 4. The van der Waals surface area contributed by atoms with Crippen molar-refractivity contribution in [2.45, 2.75) is 25.7 Å². The molecule has 0 radical (unpaired) electrons. The molecule has 0 aromatic heterocycles. The second-order valence-electron chi connectivity index (χ2n) is 5.91. The topological polar surface area (TPSA) is 63.7 Å². The van der Waals surface area contributed by atoms with Gasteiger partial charge in [-0.25, -0.2) is 17.5 Å². The summed E-state index contributed by atoms with van der Waals surface area (Å²) in [5.41, 5.74) is 3.26. The van der Waals surface area contributed by atoms with E-state index in [4.69, 9.17) is 4.74 Å². The van der Waals surface area contributed by atoms with E-state index in [1.54, 1.807) is 0 Å². The van der Waals surface area contributed by atoms with E-state index < -0.39 is 16.0 Å². The van der Waals surface area contributed by atoms with E-state index in [1.165, 1.54) is 38.4 Å². The van der Waals surface area contributed by atoms with Gasteiger partial charge in [0.15, 0.2) is 0 Å². The fourth-order valence-electron chi connectivity index (χ4n) is 2.24. The van der Waals surface area contributed by atoms with Gasteiger partial charge < -0.3 is 4.74 Å². The SMILES string of the molecule is Cc1cc(C)c(C)c(OC(=O)c2ccc(S(=O)(=O)N(C)C)cc2)c1. The molecule has 0 atom stereocenters. The van der Waals surface area contributed by atoms with E-state index in [2.05, 4.69) is 0 Å². The molecule has 0 aliphatic heterocycles. The summed E-state index contributed by atoms with van der Waals surface area (Å²) in [6.07, 6.45) is 0. The van der Waals surface area contributed by atoms with Crippen LogP contribution < -0.4 is 4.74 Å². The van der Waals surface area contributed by atoms with Crippen molar-refractivity contribution in [1.82, 2.24) is 4.31 Å². The van der Waals surface area contributed by atoms with Gasteiger partial charge in [-0.15, -0.1) is 0 Å². The molecule has 0 N–H and O–H groups in total. The molecule has 0 fully saturated rings. The van der Waals surface area contributed by atoms with Crippen LogP contribution in [0.5, 0.6) is 5.75 Å². The lowest BCUT2D eigenvalue weighted by atomic mass is 10.1. The minimum Gasteiger partial charge on any atom is -0.423 e. The Hall–Kier alpha value is -2.18. The number of nitrogens with zero attached hydrogens (tertiary/aromatic N) is 1. The van der Waals surface area contributed by atoms with Crippen molar-refractivity contribution >= 4 is 16.0 Å². The quantitative estimate of drug-likeness (QED) is 0.630. The van der Waals surface area contributed by atoms with E-state index in [0.717, 1.165) is 21.0 Å². The number of esters is 1. The van der Waals surface area contributed by atoms with Crippen molar-refractivity contribution in [1.29, 1.82) is 0 Å². The molecule has 0 unspecified atom stereocenters. The van der Waals surface area contributed by atoms with Crippen LogP contribution in [0.15, 0.2) is 41.3 Å². The summed E-state index contributed by atoms with van der Waals surface area (Å²) >= 11 is 0. The number of aryl methyl sites for hydroxylation is 2. The normalized spacial score (nSPS) is 11.6. The average molecular weight is 347 g/mol. The Kier molecular flexibility index (Phi) is 5.11. The summed E-state index contributed by atoms with van der Waals surface area (Å²) in [7, 11) is -0.598. The molecule has 0 aliphatic carbocycles. The van der Waals surface area contributed by atoms with Crippen LogP contribution in [0.25, 0.3) is 0 Å². The van der Waals surface area contributed by atoms with Crippen molar-refractivity contribution in [2.24, 2.45) is 0 Å². The highest BCUT2D eigenvalue weighted by Gasteiger charge is 2.18. The molecule has 5 nitrogen and oxygen atoms in total. The third-order valence-corrected chi connectivity index (χ3v) is 5.66. The fourth-order valence-corrected chi connectivity index (χ4v) is 3.14. The predicted octanol–water partition coefficient (Wildman–Crippen LogP) is 3.08. The highest BCUT2D eigenvalue weighted by Crippen LogP contribution is 2.24. The zero-order valence-corrected chi connectivity index (χ0v) is 15.3. The van der Waals surface area contributed by atoms with Crippen molar-refractivity contribution in [2.75, 3.05) is 14.1 Å². The van der Waals surface area contributed by atoms with Gasteiger partial charge in [0.1, 0.15) is 5.75 Å². The Balaban J connectivity index is 2.26. The lowest BCUT2D eigenvalue weighted by Crippen LogP contribution is -2.22. The first-order valence-corrected chi connectivity index (χ1v) is 8.89. The monoisotopic (exact) mass is 347 g/mol. The first kappa shape index (κ1) is 18.2. The lowest BCUT2D eigenvalue weighted by Gasteiger charge is -2.12. The summed E-state index contributed by atoms with van der Waals surface area (Å²) in [5.74, 6) is -0.000564. The third-order valence-electron chi connectivity index (χ3n) is 3.84. The Morgan fingerprint density at radius 3 is 2.12 bits per heavy atom. The van der Waals surface area contributed by atoms with Crippen LogP contribution >= 0.6 is 0 Å². The zero-order chi connectivity index (χ0) is 18.1. The van der Waals surface area contributed by atoms with Crippen LogP contribution in [-0.4, -0.2) is 32.8 Å². The van der Waals surface area contributed by atoms with E-state index in [1.807, 2.05) is 32.9 Å². The van der Waals surface area contributed by atoms with Gasteiger partial charge in [-0.05, 0) is 67.8 Å². The lowest BCUT2D eigenvalue weighted by molar-refractivity contribution is 0.0733. The van der Waals surface area contributed by atoms with Crippen molar-refractivity contribution in [3.63, 3.8) is 0 Å². The second kappa shape index (κ2) is 6.75. The molecular formula is C18H21NO4S. The minimum atomic E-state index is -3.51. The highest BCUT2D eigenvalue weighted by atomic mass is 32.2. The summed E-state index contributed by atoms with van der Waals surface area (Å²) in [6, 6.07) is 9.55. The molecule has 0 bridgehead atoms. The van der Waals surface area contributed by atoms with Crippen LogP contribution in [0.2, 0.25) is 0 Å². The first-order valence-electron chi connectivity index (χ1n) is 7.45. The van der Waals surface area contributed by atoms with Gasteiger partial charge in [0.2, 0.25) is 10.0 Å². The molecule has 0 heterocycles. The molecule has 0 saturated heterocycles. The third kappa shape index (κ3) is 3.66. The van der Waals surface area contributed by atoms with Gasteiger partial charge in [-0.1, -0.05) is 6.07 Å². The summed E-state index contributed by atoms with van der Waals surface area (Å²) in [6.45, 7) is 5.79. The molecule has 0 saturated carbocycles. The molecule has 128 valence electrons. The van der Waals surface area contributed by atoms with Crippen LogP contribution in [-0.2, 0) is 10.0 Å². The molecule has 0 spiro atoms. The fraction of sp³-hybridized carbons (Fsp3) is 0.278. The summed E-state index contributed by atoms with van der Waals surface area (Å²) in [5, 5.41) is 0. The number of sulfonamides is 1.